The van der Waals surface area contributed by atoms with Crippen LogP contribution in [0.3, 0.4) is 0 Å². The summed E-state index contributed by atoms with van der Waals surface area (Å²) in [4.78, 5) is 25.8. The smallest absolute Gasteiger partial charge is 0.263 e. The maximum absolute atomic E-state index is 13.0. The van der Waals surface area contributed by atoms with Crippen molar-refractivity contribution in [3.63, 3.8) is 0 Å². The molecule has 1 aliphatic rings. The molecule has 1 fully saturated rings. The van der Waals surface area contributed by atoms with Crippen LogP contribution in [-0.4, -0.2) is 41.5 Å². The number of anilines is 1. The molecule has 7 heteroatoms. The molecule has 1 aromatic heterocycles. The normalized spacial score (nSPS) is 16.2. The lowest BCUT2D eigenvalue weighted by Gasteiger charge is -2.17. The van der Waals surface area contributed by atoms with Gasteiger partial charge in [-0.1, -0.05) is 0 Å². The van der Waals surface area contributed by atoms with Gasteiger partial charge in [0.2, 0.25) is 0 Å². The van der Waals surface area contributed by atoms with Gasteiger partial charge in [-0.3, -0.25) is 9.59 Å². The number of ether oxygens (including phenoxy) is 2. The van der Waals surface area contributed by atoms with Gasteiger partial charge in [-0.15, -0.1) is 0 Å². The number of aryl methyl sites for hydroxylation is 2. The van der Waals surface area contributed by atoms with Gasteiger partial charge in [-0.2, -0.15) is 0 Å². The maximum atomic E-state index is 13.0. The predicted octanol–water partition coefficient (Wildman–Crippen LogP) is 2.27. The molecule has 2 heterocycles. The van der Waals surface area contributed by atoms with Crippen molar-refractivity contribution in [2.45, 2.75) is 39.3 Å². The van der Waals surface area contributed by atoms with Crippen LogP contribution in [0.5, 0.6) is 5.75 Å². The van der Waals surface area contributed by atoms with E-state index >= 15 is 0 Å². The lowest BCUT2D eigenvalue weighted by atomic mass is 10.1. The Morgan fingerprint density at radius 1 is 1.32 bits per heavy atom. The number of carbonyl (C=O) groups is 1. The lowest BCUT2D eigenvalue weighted by Crippen LogP contribution is -2.34. The Balaban J connectivity index is 1.79. The van der Waals surface area contributed by atoms with Gasteiger partial charge >= 0.3 is 0 Å². The van der Waals surface area contributed by atoms with Gasteiger partial charge in [0.15, 0.2) is 0 Å². The second-order valence-electron chi connectivity index (χ2n) is 6.95. The van der Waals surface area contributed by atoms with Crippen LogP contribution >= 0.6 is 0 Å². The molecule has 150 valence electrons. The summed E-state index contributed by atoms with van der Waals surface area (Å²) in [7, 11) is 0. The largest absolute Gasteiger partial charge is 0.491 e. The number of carbonyl (C=O) groups excluding carboxylic acids is 1. The van der Waals surface area contributed by atoms with E-state index < -0.39 is 5.91 Å². The summed E-state index contributed by atoms with van der Waals surface area (Å²) in [6, 6.07) is 8.64. The summed E-state index contributed by atoms with van der Waals surface area (Å²) in [5, 5.41) is 11.6. The molecule has 0 saturated carbocycles. The number of nitrogens with zero attached hydrogens (tertiary/aromatic N) is 1. The highest BCUT2D eigenvalue weighted by Gasteiger charge is 2.22. The highest BCUT2D eigenvalue weighted by Crippen LogP contribution is 2.18. The molecule has 0 unspecified atom stereocenters. The van der Waals surface area contributed by atoms with Crippen molar-refractivity contribution in [3.05, 3.63) is 57.5 Å². The fraction of sp³-hybridized carbons (Fsp3) is 0.429. The number of aliphatic hydroxyl groups is 1. The summed E-state index contributed by atoms with van der Waals surface area (Å²) in [5.74, 6) is 0.158. The minimum atomic E-state index is -0.437. The van der Waals surface area contributed by atoms with Crippen LogP contribution in [-0.2, 0) is 11.3 Å². The quantitative estimate of drug-likeness (QED) is 0.762. The molecule has 1 saturated heterocycles. The van der Waals surface area contributed by atoms with Gasteiger partial charge in [0.1, 0.15) is 17.9 Å². The standard InChI is InChI=1S/C21H26N2O5/c1-14-12-15(2)23(13-18-4-3-10-27-18)21(26)19(14)20(25)22-16-5-7-17(8-6-16)28-11-9-24/h5-8,12,18,24H,3-4,9-11,13H2,1-2H3,(H,22,25)/t18-/m1/s1. The van der Waals surface area contributed by atoms with Gasteiger partial charge in [-0.05, 0) is 62.6 Å². The van der Waals surface area contributed by atoms with Crippen molar-refractivity contribution in [2.24, 2.45) is 0 Å². The van der Waals surface area contributed by atoms with Gasteiger partial charge in [0, 0.05) is 18.0 Å². The van der Waals surface area contributed by atoms with Crippen molar-refractivity contribution in [2.75, 3.05) is 25.1 Å². The zero-order valence-electron chi connectivity index (χ0n) is 16.2. The van der Waals surface area contributed by atoms with E-state index in [2.05, 4.69) is 5.32 Å². The molecule has 0 bridgehead atoms. The Bertz CT molecular complexity index is 883. The second-order valence-corrected chi connectivity index (χ2v) is 6.95. The fourth-order valence-electron chi connectivity index (χ4n) is 3.41. The van der Waals surface area contributed by atoms with Crippen LogP contribution in [0.4, 0.5) is 5.69 Å². The molecule has 28 heavy (non-hydrogen) atoms. The molecule has 2 N–H and O–H groups in total. The summed E-state index contributed by atoms with van der Waals surface area (Å²) in [6.07, 6.45) is 1.93. The monoisotopic (exact) mass is 386 g/mol. The molecule has 1 aliphatic heterocycles. The Hall–Kier alpha value is -2.64. The van der Waals surface area contributed by atoms with Gasteiger partial charge < -0.3 is 24.5 Å². The maximum Gasteiger partial charge on any atom is 0.263 e. The van der Waals surface area contributed by atoms with Crippen LogP contribution in [0.2, 0.25) is 0 Å². The third-order valence-electron chi connectivity index (χ3n) is 4.81. The molecule has 0 spiro atoms. The number of aliphatic hydroxyl groups excluding tert-OH is 1. The molecule has 1 amide bonds. The van der Waals surface area contributed by atoms with E-state index in [1.54, 1.807) is 35.8 Å². The number of benzene rings is 1. The summed E-state index contributed by atoms with van der Waals surface area (Å²) >= 11 is 0. The molecule has 3 rings (SSSR count). The highest BCUT2D eigenvalue weighted by atomic mass is 16.5. The molecule has 2 aromatic rings. The molecule has 1 atom stereocenters. The van der Waals surface area contributed by atoms with Gasteiger partial charge in [0.05, 0.1) is 19.3 Å². The van der Waals surface area contributed by atoms with Crippen molar-refractivity contribution < 1.29 is 19.4 Å². The van der Waals surface area contributed by atoms with Crippen molar-refractivity contribution in [3.8, 4) is 5.75 Å². The van der Waals surface area contributed by atoms with Crippen LogP contribution in [0.15, 0.2) is 35.1 Å². The Kier molecular flexibility index (Phi) is 6.49. The first-order valence-electron chi connectivity index (χ1n) is 9.47. The Labute approximate surface area is 163 Å². The van der Waals surface area contributed by atoms with Gasteiger partial charge in [-0.25, -0.2) is 0 Å². The van der Waals surface area contributed by atoms with Gasteiger partial charge in [0.25, 0.3) is 11.5 Å². The molecule has 1 aromatic carbocycles. The number of nitrogens with one attached hydrogen (secondary N) is 1. The number of aromatic nitrogens is 1. The fourth-order valence-corrected chi connectivity index (χ4v) is 3.41. The van der Waals surface area contributed by atoms with E-state index in [1.165, 1.54) is 0 Å². The molecule has 0 aliphatic carbocycles. The lowest BCUT2D eigenvalue weighted by molar-refractivity contribution is 0.0947. The first-order valence-corrected chi connectivity index (χ1v) is 9.47. The highest BCUT2D eigenvalue weighted by molar-refractivity contribution is 6.05. The van der Waals surface area contributed by atoms with Crippen LogP contribution in [0, 0.1) is 13.8 Å². The molecule has 7 nitrogen and oxygen atoms in total. The number of hydrogen-bond donors (Lipinski definition) is 2. The average molecular weight is 386 g/mol. The van der Waals surface area contributed by atoms with Crippen LogP contribution < -0.4 is 15.6 Å². The zero-order chi connectivity index (χ0) is 20.1. The van der Waals surface area contributed by atoms with E-state index in [1.807, 2.05) is 13.0 Å². The zero-order valence-corrected chi connectivity index (χ0v) is 16.2. The van der Waals surface area contributed by atoms with Crippen LogP contribution in [0.1, 0.15) is 34.5 Å². The van der Waals surface area contributed by atoms with E-state index in [9.17, 15) is 9.59 Å². The number of amides is 1. The predicted molar refractivity (Wildman–Crippen MR) is 106 cm³/mol. The second kappa shape index (κ2) is 9.03. The third-order valence-corrected chi connectivity index (χ3v) is 4.81. The summed E-state index contributed by atoms with van der Waals surface area (Å²) < 4.78 is 12.6. The van der Waals surface area contributed by atoms with E-state index in [0.29, 0.717) is 23.5 Å². The first kappa shape index (κ1) is 20.1. The van der Waals surface area contributed by atoms with Crippen LogP contribution in [0.25, 0.3) is 0 Å². The Morgan fingerprint density at radius 3 is 2.71 bits per heavy atom. The summed E-state index contributed by atoms with van der Waals surface area (Å²) in [5.41, 5.74) is 1.87. The van der Waals surface area contributed by atoms with Crippen molar-refractivity contribution in [1.29, 1.82) is 0 Å². The number of pyridine rings is 1. The molecular formula is C21H26N2O5. The molecule has 0 radical (unpaired) electrons. The van der Waals surface area contributed by atoms with Crippen molar-refractivity contribution >= 4 is 11.6 Å². The molecular weight excluding hydrogens is 360 g/mol. The number of rotatable bonds is 7. The summed E-state index contributed by atoms with van der Waals surface area (Å²) in [6.45, 7) is 4.96. The third kappa shape index (κ3) is 4.61. The Morgan fingerprint density at radius 2 is 2.07 bits per heavy atom. The minimum absolute atomic E-state index is 0.0153. The van der Waals surface area contributed by atoms with E-state index in [-0.39, 0.29) is 30.4 Å². The SMILES string of the molecule is Cc1cc(C)n(C[C@H]2CCCO2)c(=O)c1C(=O)Nc1ccc(OCCO)cc1. The average Bonchev–Trinajstić information content (AvgIpc) is 3.17. The first-order chi connectivity index (χ1) is 13.5. The van der Waals surface area contributed by atoms with E-state index in [4.69, 9.17) is 14.6 Å². The number of hydrogen-bond acceptors (Lipinski definition) is 5. The van der Waals surface area contributed by atoms with E-state index in [0.717, 1.165) is 25.1 Å². The minimum Gasteiger partial charge on any atom is -0.491 e. The topological polar surface area (TPSA) is 89.8 Å². The van der Waals surface area contributed by atoms with Crippen molar-refractivity contribution in [1.82, 2.24) is 4.57 Å².